The first-order valence-electron chi connectivity index (χ1n) is 6.39. The number of H-pyrrole nitrogens is 1. The molecule has 0 fully saturated rings. The van der Waals surface area contributed by atoms with E-state index in [-0.39, 0.29) is 0 Å². The molecule has 0 saturated heterocycles. The normalized spacial score (nSPS) is 11.1. The maximum atomic E-state index is 5.29. The van der Waals surface area contributed by atoms with E-state index < -0.39 is 0 Å². The fourth-order valence-corrected chi connectivity index (χ4v) is 2.17. The summed E-state index contributed by atoms with van der Waals surface area (Å²) >= 11 is 5.29. The molecule has 2 heterocycles. The molecule has 0 bridgehead atoms. The first-order chi connectivity index (χ1) is 9.18. The molecule has 102 valence electrons. The van der Waals surface area contributed by atoms with Gasteiger partial charge in [0, 0.05) is 24.5 Å². The minimum Gasteiger partial charge on any atom is -0.309 e. The summed E-state index contributed by atoms with van der Waals surface area (Å²) in [7, 11) is 4.18. The van der Waals surface area contributed by atoms with Gasteiger partial charge < -0.3 is 9.47 Å². The van der Waals surface area contributed by atoms with Gasteiger partial charge in [-0.25, -0.2) is 0 Å². The Kier molecular flexibility index (Phi) is 4.81. The molecule has 0 aliphatic heterocycles. The van der Waals surface area contributed by atoms with Gasteiger partial charge in [-0.05, 0) is 57.8 Å². The lowest BCUT2D eigenvalue weighted by molar-refractivity contribution is 0.387. The lowest BCUT2D eigenvalue weighted by Crippen LogP contribution is -2.13. The van der Waals surface area contributed by atoms with Gasteiger partial charge in [0.1, 0.15) is 0 Å². The molecule has 2 rings (SSSR count). The molecule has 0 unspecified atom stereocenters. The molecule has 0 amide bonds. The molecule has 19 heavy (non-hydrogen) atoms. The minimum atomic E-state index is 0.677. The highest BCUT2D eigenvalue weighted by Crippen LogP contribution is 2.16. The minimum absolute atomic E-state index is 0.677. The van der Waals surface area contributed by atoms with Crippen LogP contribution in [0.2, 0.25) is 0 Å². The van der Waals surface area contributed by atoms with E-state index in [0.29, 0.717) is 4.77 Å². The van der Waals surface area contributed by atoms with Crippen LogP contribution < -0.4 is 0 Å². The van der Waals surface area contributed by atoms with E-state index in [1.165, 1.54) is 0 Å². The Hall–Kier alpha value is -1.53. The molecule has 1 N–H and O–H groups in total. The first kappa shape index (κ1) is 13.9. The Morgan fingerprint density at radius 1 is 1.26 bits per heavy atom. The van der Waals surface area contributed by atoms with Crippen LogP contribution in [0.5, 0.6) is 0 Å². The summed E-state index contributed by atoms with van der Waals surface area (Å²) in [6.07, 6.45) is 5.77. The Morgan fingerprint density at radius 2 is 2.00 bits per heavy atom. The zero-order valence-corrected chi connectivity index (χ0v) is 12.2. The Bertz CT molecular complexity index is 558. The highest BCUT2D eigenvalue weighted by molar-refractivity contribution is 7.71. The van der Waals surface area contributed by atoms with Crippen molar-refractivity contribution < 1.29 is 0 Å². The zero-order chi connectivity index (χ0) is 13.7. The first-order valence-corrected chi connectivity index (χ1v) is 6.79. The second-order valence-electron chi connectivity index (χ2n) is 4.75. The fourth-order valence-electron chi connectivity index (χ4n) is 1.94. The quantitative estimate of drug-likeness (QED) is 0.650. The lowest BCUT2D eigenvalue weighted by atomic mass is 10.2. The number of nitrogens with one attached hydrogen (secondary N) is 1. The molecule has 0 radical (unpaired) electrons. The molecule has 2 aromatic rings. The second-order valence-corrected chi connectivity index (χ2v) is 5.14. The van der Waals surface area contributed by atoms with Gasteiger partial charge in [0.25, 0.3) is 0 Å². The van der Waals surface area contributed by atoms with Crippen LogP contribution >= 0.6 is 12.2 Å². The number of aromatic nitrogens is 4. The number of unbranched alkanes of at least 4 members (excludes halogenated alkanes) is 1. The highest BCUT2D eigenvalue weighted by Gasteiger charge is 2.08. The number of hydrogen-bond acceptors (Lipinski definition) is 4. The Labute approximate surface area is 118 Å². The maximum Gasteiger partial charge on any atom is 0.195 e. The summed E-state index contributed by atoms with van der Waals surface area (Å²) in [5, 5.41) is 7.18. The van der Waals surface area contributed by atoms with Gasteiger partial charge in [-0.15, -0.1) is 0 Å². The Morgan fingerprint density at radius 3 is 2.68 bits per heavy atom. The number of pyridine rings is 1. The van der Waals surface area contributed by atoms with Crippen LogP contribution in [-0.4, -0.2) is 45.3 Å². The van der Waals surface area contributed by atoms with Crippen molar-refractivity contribution in [3.05, 3.63) is 29.3 Å². The SMILES string of the molecule is CN(C)CCCCn1c(-c2ccncc2)n[nH]c1=S. The van der Waals surface area contributed by atoms with E-state index in [2.05, 4.69) is 38.7 Å². The average Bonchev–Trinajstić information content (AvgIpc) is 2.77. The van der Waals surface area contributed by atoms with Crippen LogP contribution in [0.4, 0.5) is 0 Å². The predicted molar refractivity (Wildman–Crippen MR) is 78.4 cm³/mol. The van der Waals surface area contributed by atoms with E-state index in [0.717, 1.165) is 37.3 Å². The monoisotopic (exact) mass is 277 g/mol. The summed E-state index contributed by atoms with van der Waals surface area (Å²) in [5.41, 5.74) is 1.04. The van der Waals surface area contributed by atoms with Crippen LogP contribution in [-0.2, 0) is 6.54 Å². The molecule has 0 aliphatic carbocycles. The summed E-state index contributed by atoms with van der Waals surface area (Å²) in [6.45, 7) is 1.98. The van der Waals surface area contributed by atoms with E-state index in [9.17, 15) is 0 Å². The number of hydrogen-bond donors (Lipinski definition) is 1. The van der Waals surface area contributed by atoms with E-state index in [1.54, 1.807) is 12.4 Å². The Balaban J connectivity index is 2.08. The molecule has 5 nitrogen and oxygen atoms in total. The standard InChI is InChI=1S/C13H19N5S/c1-17(2)9-3-4-10-18-12(15-16-13(18)19)11-5-7-14-8-6-11/h5-8H,3-4,9-10H2,1-2H3,(H,16,19). The number of rotatable bonds is 6. The topological polar surface area (TPSA) is 49.7 Å². The van der Waals surface area contributed by atoms with Gasteiger partial charge in [-0.3, -0.25) is 10.1 Å². The van der Waals surface area contributed by atoms with Crippen LogP contribution in [0.15, 0.2) is 24.5 Å². The van der Waals surface area contributed by atoms with Crippen molar-refractivity contribution >= 4 is 12.2 Å². The molecule has 0 spiro atoms. The van der Waals surface area contributed by atoms with E-state index in [4.69, 9.17) is 12.2 Å². The van der Waals surface area contributed by atoms with E-state index in [1.807, 2.05) is 12.1 Å². The lowest BCUT2D eigenvalue weighted by Gasteiger charge is -2.10. The van der Waals surface area contributed by atoms with Crippen LogP contribution in [0.1, 0.15) is 12.8 Å². The molecular formula is C13H19N5S. The summed E-state index contributed by atoms with van der Waals surface area (Å²) in [5.74, 6) is 0.886. The molecule has 0 aliphatic rings. The van der Waals surface area contributed by atoms with Crippen LogP contribution in [0, 0.1) is 4.77 Å². The van der Waals surface area contributed by atoms with Crippen molar-refractivity contribution in [1.29, 1.82) is 0 Å². The van der Waals surface area contributed by atoms with Gasteiger partial charge >= 0.3 is 0 Å². The summed E-state index contributed by atoms with van der Waals surface area (Å²) < 4.78 is 2.73. The third kappa shape index (κ3) is 3.71. The van der Waals surface area contributed by atoms with Gasteiger partial charge in [-0.2, -0.15) is 5.10 Å². The van der Waals surface area contributed by atoms with Crippen molar-refractivity contribution in [3.8, 4) is 11.4 Å². The molecule has 0 aromatic carbocycles. The van der Waals surface area contributed by atoms with Crippen LogP contribution in [0.3, 0.4) is 0 Å². The van der Waals surface area contributed by atoms with Gasteiger partial charge in [0.15, 0.2) is 10.6 Å². The summed E-state index contributed by atoms with van der Waals surface area (Å²) in [4.78, 5) is 6.22. The van der Waals surface area contributed by atoms with Gasteiger partial charge in [0.2, 0.25) is 0 Å². The van der Waals surface area contributed by atoms with Gasteiger partial charge in [-0.1, -0.05) is 0 Å². The third-order valence-electron chi connectivity index (χ3n) is 2.93. The van der Waals surface area contributed by atoms with Gasteiger partial charge in [0.05, 0.1) is 0 Å². The van der Waals surface area contributed by atoms with Crippen molar-refractivity contribution in [3.63, 3.8) is 0 Å². The number of nitrogens with zero attached hydrogens (tertiary/aromatic N) is 4. The predicted octanol–water partition coefficient (Wildman–Crippen LogP) is 2.34. The van der Waals surface area contributed by atoms with Crippen LogP contribution in [0.25, 0.3) is 11.4 Å². The average molecular weight is 277 g/mol. The largest absolute Gasteiger partial charge is 0.309 e. The molecule has 0 saturated carbocycles. The summed E-state index contributed by atoms with van der Waals surface area (Å²) in [6, 6.07) is 3.89. The highest BCUT2D eigenvalue weighted by atomic mass is 32.1. The maximum absolute atomic E-state index is 5.29. The smallest absolute Gasteiger partial charge is 0.195 e. The van der Waals surface area contributed by atoms with Crippen molar-refractivity contribution in [1.82, 2.24) is 24.6 Å². The fraction of sp³-hybridized carbons (Fsp3) is 0.462. The molecule has 0 atom stereocenters. The van der Waals surface area contributed by atoms with Crippen molar-refractivity contribution in [2.24, 2.45) is 0 Å². The second kappa shape index (κ2) is 6.58. The number of aromatic amines is 1. The molecule has 6 heteroatoms. The molecular weight excluding hydrogens is 258 g/mol. The zero-order valence-electron chi connectivity index (χ0n) is 11.3. The molecule has 2 aromatic heterocycles. The van der Waals surface area contributed by atoms with E-state index >= 15 is 0 Å². The van der Waals surface area contributed by atoms with Crippen molar-refractivity contribution in [2.45, 2.75) is 19.4 Å². The van der Waals surface area contributed by atoms with Crippen molar-refractivity contribution in [2.75, 3.05) is 20.6 Å². The third-order valence-corrected chi connectivity index (χ3v) is 3.25.